The number of non-ortho nitro benzene ring substituents is 1. The smallest absolute Gasteiger partial charge is 0.270 e. The van der Waals surface area contributed by atoms with E-state index >= 15 is 0 Å². The summed E-state index contributed by atoms with van der Waals surface area (Å²) in [5.41, 5.74) is 0.967. The fourth-order valence-corrected chi connectivity index (χ4v) is 4.80. The van der Waals surface area contributed by atoms with Gasteiger partial charge in [0.1, 0.15) is 6.07 Å². The first kappa shape index (κ1) is 17.6. The average molecular weight is 364 g/mol. The predicted octanol–water partition coefficient (Wildman–Crippen LogP) is 1.17. The highest BCUT2D eigenvalue weighted by atomic mass is 32.2. The molecule has 1 aromatic rings. The van der Waals surface area contributed by atoms with Gasteiger partial charge in [-0.3, -0.25) is 15.0 Å². The van der Waals surface area contributed by atoms with Gasteiger partial charge in [-0.25, -0.2) is 8.42 Å². The van der Waals surface area contributed by atoms with Gasteiger partial charge in [0.15, 0.2) is 9.84 Å². The fourth-order valence-electron chi connectivity index (χ4n) is 3.57. The largest absolute Gasteiger partial charge is 0.370 e. The molecular formula is C16H20N4O4S. The van der Waals surface area contributed by atoms with Crippen molar-refractivity contribution in [2.24, 2.45) is 0 Å². The molecule has 134 valence electrons. The van der Waals surface area contributed by atoms with Gasteiger partial charge in [0.05, 0.1) is 27.7 Å². The minimum atomic E-state index is -2.87. The van der Waals surface area contributed by atoms with Crippen LogP contribution in [0.3, 0.4) is 0 Å². The number of nitro groups is 1. The first-order valence-electron chi connectivity index (χ1n) is 8.27. The van der Waals surface area contributed by atoms with E-state index in [0.29, 0.717) is 24.7 Å². The minimum absolute atomic E-state index is 0.0790. The highest BCUT2D eigenvalue weighted by molar-refractivity contribution is 7.91. The zero-order chi connectivity index (χ0) is 18.0. The number of piperidine rings is 1. The Morgan fingerprint density at radius 2 is 1.80 bits per heavy atom. The van der Waals surface area contributed by atoms with E-state index in [1.165, 1.54) is 12.1 Å². The van der Waals surface area contributed by atoms with Crippen LogP contribution in [0, 0.1) is 21.4 Å². The third-order valence-corrected chi connectivity index (χ3v) is 6.62. The summed E-state index contributed by atoms with van der Waals surface area (Å²) in [6.45, 7) is 2.68. The lowest BCUT2D eigenvalue weighted by Gasteiger charge is -2.40. The summed E-state index contributed by atoms with van der Waals surface area (Å²) in [6, 6.07) is 6.79. The molecule has 0 spiro atoms. The van der Waals surface area contributed by atoms with Crippen LogP contribution in [0.15, 0.2) is 18.2 Å². The Morgan fingerprint density at radius 1 is 1.16 bits per heavy atom. The van der Waals surface area contributed by atoms with Crippen molar-refractivity contribution in [3.63, 3.8) is 0 Å². The van der Waals surface area contributed by atoms with Crippen LogP contribution in [0.2, 0.25) is 0 Å². The maximum atomic E-state index is 11.5. The van der Waals surface area contributed by atoms with Crippen molar-refractivity contribution in [3.05, 3.63) is 33.9 Å². The predicted molar refractivity (Wildman–Crippen MR) is 93.3 cm³/mol. The molecule has 0 aromatic heterocycles. The average Bonchev–Trinajstić information content (AvgIpc) is 2.61. The van der Waals surface area contributed by atoms with Crippen molar-refractivity contribution in [3.8, 4) is 6.07 Å². The van der Waals surface area contributed by atoms with E-state index in [2.05, 4.69) is 9.80 Å². The Labute approximate surface area is 146 Å². The van der Waals surface area contributed by atoms with Crippen LogP contribution < -0.4 is 4.90 Å². The van der Waals surface area contributed by atoms with Crippen molar-refractivity contribution < 1.29 is 13.3 Å². The fraction of sp³-hybridized carbons (Fsp3) is 0.562. The molecule has 0 unspecified atom stereocenters. The van der Waals surface area contributed by atoms with Gasteiger partial charge in [-0.15, -0.1) is 0 Å². The number of hydrogen-bond donors (Lipinski definition) is 0. The molecular weight excluding hydrogens is 344 g/mol. The van der Waals surface area contributed by atoms with Gasteiger partial charge in [-0.1, -0.05) is 0 Å². The SMILES string of the molecule is N#Cc1cc([N+](=O)[O-])ccc1N1CCC(N2CCS(=O)(=O)CC2)CC1. The van der Waals surface area contributed by atoms with Gasteiger partial charge in [0, 0.05) is 44.4 Å². The second kappa shape index (κ2) is 6.98. The molecule has 2 aliphatic heterocycles. The number of sulfone groups is 1. The van der Waals surface area contributed by atoms with E-state index in [-0.39, 0.29) is 17.2 Å². The summed E-state index contributed by atoms with van der Waals surface area (Å²) < 4.78 is 23.1. The Balaban J connectivity index is 1.65. The summed E-state index contributed by atoms with van der Waals surface area (Å²) >= 11 is 0. The molecule has 0 radical (unpaired) electrons. The lowest BCUT2D eigenvalue weighted by molar-refractivity contribution is -0.384. The van der Waals surface area contributed by atoms with E-state index in [1.54, 1.807) is 6.07 Å². The number of nitriles is 1. The third kappa shape index (κ3) is 3.91. The molecule has 8 nitrogen and oxygen atoms in total. The van der Waals surface area contributed by atoms with Gasteiger partial charge in [-0.2, -0.15) is 5.26 Å². The van der Waals surface area contributed by atoms with Crippen LogP contribution in [-0.2, 0) is 9.84 Å². The number of nitro benzene ring substituents is 1. The molecule has 2 saturated heterocycles. The first-order valence-corrected chi connectivity index (χ1v) is 10.1. The lowest BCUT2D eigenvalue weighted by atomic mass is 10.0. The van der Waals surface area contributed by atoms with Crippen LogP contribution in [0.1, 0.15) is 18.4 Å². The van der Waals surface area contributed by atoms with E-state index < -0.39 is 14.8 Å². The topological polar surface area (TPSA) is 108 Å². The zero-order valence-electron chi connectivity index (χ0n) is 13.8. The van der Waals surface area contributed by atoms with E-state index in [4.69, 9.17) is 0 Å². The Bertz CT molecular complexity index is 796. The number of rotatable bonds is 3. The summed E-state index contributed by atoms with van der Waals surface area (Å²) in [5, 5.41) is 20.2. The molecule has 9 heteroatoms. The van der Waals surface area contributed by atoms with Crippen molar-refractivity contribution in [2.45, 2.75) is 18.9 Å². The molecule has 2 heterocycles. The summed E-state index contributed by atoms with van der Waals surface area (Å²) in [5.74, 6) is 0.461. The Hall–Kier alpha value is -2.18. The third-order valence-electron chi connectivity index (χ3n) is 5.01. The maximum Gasteiger partial charge on any atom is 0.270 e. The molecule has 3 rings (SSSR count). The van der Waals surface area contributed by atoms with Crippen LogP contribution in [-0.4, -0.2) is 62.0 Å². The molecule has 0 aliphatic carbocycles. The molecule has 1 aromatic carbocycles. The van der Waals surface area contributed by atoms with Gasteiger partial charge in [-0.05, 0) is 18.9 Å². The van der Waals surface area contributed by atoms with E-state index in [1.807, 2.05) is 6.07 Å². The normalized spacial score (nSPS) is 21.6. The van der Waals surface area contributed by atoms with Crippen molar-refractivity contribution >= 4 is 21.2 Å². The van der Waals surface area contributed by atoms with E-state index in [9.17, 15) is 23.8 Å². The summed E-state index contributed by atoms with van der Waals surface area (Å²) in [7, 11) is -2.87. The summed E-state index contributed by atoms with van der Waals surface area (Å²) in [4.78, 5) is 14.7. The Kier molecular flexibility index (Phi) is 4.92. The number of anilines is 1. The van der Waals surface area contributed by atoms with Crippen LogP contribution in [0.5, 0.6) is 0 Å². The molecule has 0 N–H and O–H groups in total. The van der Waals surface area contributed by atoms with Gasteiger partial charge >= 0.3 is 0 Å². The Morgan fingerprint density at radius 3 is 2.36 bits per heavy atom. The maximum absolute atomic E-state index is 11.5. The highest BCUT2D eigenvalue weighted by Gasteiger charge is 2.30. The molecule has 0 bridgehead atoms. The molecule has 25 heavy (non-hydrogen) atoms. The number of nitrogens with zero attached hydrogens (tertiary/aromatic N) is 4. The van der Waals surface area contributed by atoms with Crippen LogP contribution in [0.4, 0.5) is 11.4 Å². The molecule has 2 fully saturated rings. The second-order valence-electron chi connectivity index (χ2n) is 6.48. The van der Waals surface area contributed by atoms with Gasteiger partial charge < -0.3 is 4.90 Å². The number of hydrogen-bond acceptors (Lipinski definition) is 7. The molecule has 0 atom stereocenters. The standard InChI is InChI=1S/C16H20N4O4S/c17-12-13-11-15(20(21)22)1-2-16(13)19-5-3-14(4-6-19)18-7-9-25(23,24)10-8-18/h1-2,11,14H,3-10H2. The minimum Gasteiger partial charge on any atom is -0.370 e. The van der Waals surface area contributed by atoms with Crippen LogP contribution >= 0.6 is 0 Å². The number of benzene rings is 1. The van der Waals surface area contributed by atoms with Crippen LogP contribution in [0.25, 0.3) is 0 Å². The monoisotopic (exact) mass is 364 g/mol. The summed E-state index contributed by atoms with van der Waals surface area (Å²) in [6.07, 6.45) is 1.78. The van der Waals surface area contributed by atoms with Crippen molar-refractivity contribution in [1.29, 1.82) is 5.26 Å². The molecule has 0 saturated carbocycles. The zero-order valence-corrected chi connectivity index (χ0v) is 14.6. The quantitative estimate of drug-likeness (QED) is 0.585. The lowest BCUT2D eigenvalue weighted by Crippen LogP contribution is -2.50. The highest BCUT2D eigenvalue weighted by Crippen LogP contribution is 2.28. The van der Waals surface area contributed by atoms with Gasteiger partial charge in [0.2, 0.25) is 0 Å². The van der Waals surface area contributed by atoms with E-state index in [0.717, 1.165) is 31.6 Å². The second-order valence-corrected chi connectivity index (χ2v) is 8.78. The first-order chi connectivity index (χ1) is 11.9. The van der Waals surface area contributed by atoms with Gasteiger partial charge in [0.25, 0.3) is 5.69 Å². The van der Waals surface area contributed by atoms with Crippen molar-refractivity contribution in [2.75, 3.05) is 42.6 Å². The molecule has 0 amide bonds. The molecule has 2 aliphatic rings. The van der Waals surface area contributed by atoms with Crippen molar-refractivity contribution in [1.82, 2.24) is 4.90 Å².